The molecule has 2 aromatic rings. The van der Waals surface area contributed by atoms with E-state index in [4.69, 9.17) is 0 Å². The highest BCUT2D eigenvalue weighted by Gasteiger charge is 2.23. The van der Waals surface area contributed by atoms with Gasteiger partial charge in [-0.1, -0.05) is 12.1 Å². The monoisotopic (exact) mass is 326 g/mol. The molecule has 1 heterocycles. The summed E-state index contributed by atoms with van der Waals surface area (Å²) >= 11 is 0. The fourth-order valence-corrected chi connectivity index (χ4v) is 2.89. The van der Waals surface area contributed by atoms with Crippen LogP contribution in [0.4, 0.5) is 17.1 Å². The van der Waals surface area contributed by atoms with Crippen LogP contribution in [0.5, 0.6) is 0 Å². The predicted octanol–water partition coefficient (Wildman–Crippen LogP) is 2.53. The molecule has 0 bridgehead atoms. The summed E-state index contributed by atoms with van der Waals surface area (Å²) in [6, 6.07) is 10.5. The molecular weight excluding hydrogens is 308 g/mol. The lowest BCUT2D eigenvalue weighted by Gasteiger charge is -2.12. The molecular formula is C17H18N4O3. The molecule has 3 N–H and O–H groups in total. The smallest absolute Gasteiger partial charge is 0.292 e. The van der Waals surface area contributed by atoms with Gasteiger partial charge in [-0.2, -0.15) is 0 Å². The molecule has 3 rings (SSSR count). The fourth-order valence-electron chi connectivity index (χ4n) is 2.89. The van der Waals surface area contributed by atoms with E-state index in [2.05, 4.69) is 16.0 Å². The molecule has 2 aromatic carbocycles. The third kappa shape index (κ3) is 3.01. The van der Waals surface area contributed by atoms with Gasteiger partial charge in [0, 0.05) is 43.0 Å². The molecule has 1 amide bonds. The number of carbonyl (C=O) groups is 1. The Hall–Kier alpha value is -3.09. The number of nitrogens with one attached hydrogen (secondary N) is 3. The summed E-state index contributed by atoms with van der Waals surface area (Å²) in [5, 5.41) is 20.3. The van der Waals surface area contributed by atoms with Crippen molar-refractivity contribution in [2.45, 2.75) is 13.0 Å². The van der Waals surface area contributed by atoms with Gasteiger partial charge in [0.15, 0.2) is 0 Å². The zero-order valence-corrected chi connectivity index (χ0v) is 13.3. The minimum atomic E-state index is -0.373. The van der Waals surface area contributed by atoms with Crippen LogP contribution in [0.3, 0.4) is 0 Å². The summed E-state index contributed by atoms with van der Waals surface area (Å²) in [7, 11) is 1.58. The summed E-state index contributed by atoms with van der Waals surface area (Å²) in [6.45, 7) is 1.18. The zero-order chi connectivity index (χ0) is 17.1. The largest absolute Gasteiger partial charge is 0.384 e. The van der Waals surface area contributed by atoms with Crippen molar-refractivity contribution < 1.29 is 9.72 Å². The van der Waals surface area contributed by atoms with Crippen LogP contribution in [0.15, 0.2) is 36.4 Å². The third-order valence-corrected chi connectivity index (χ3v) is 4.06. The lowest BCUT2D eigenvalue weighted by atomic mass is 10.1. The number of amides is 1. The fraction of sp³-hybridized carbons (Fsp3) is 0.235. The molecule has 24 heavy (non-hydrogen) atoms. The first-order valence-electron chi connectivity index (χ1n) is 7.69. The topological polar surface area (TPSA) is 96.3 Å². The van der Waals surface area contributed by atoms with Crippen molar-refractivity contribution in [3.05, 3.63) is 63.2 Å². The minimum absolute atomic E-state index is 0.0694. The second kappa shape index (κ2) is 6.57. The number of anilines is 2. The number of carbonyl (C=O) groups excluding carboxylic acids is 1. The van der Waals surface area contributed by atoms with Gasteiger partial charge < -0.3 is 16.0 Å². The van der Waals surface area contributed by atoms with Crippen molar-refractivity contribution in [1.82, 2.24) is 5.32 Å². The van der Waals surface area contributed by atoms with Crippen LogP contribution in [-0.4, -0.2) is 24.4 Å². The predicted molar refractivity (Wildman–Crippen MR) is 92.4 cm³/mol. The minimum Gasteiger partial charge on any atom is -0.384 e. The molecule has 124 valence electrons. The molecule has 0 saturated heterocycles. The first-order valence-corrected chi connectivity index (χ1v) is 7.69. The van der Waals surface area contributed by atoms with Crippen LogP contribution in [0.25, 0.3) is 0 Å². The van der Waals surface area contributed by atoms with Gasteiger partial charge in [0.05, 0.1) is 4.92 Å². The highest BCUT2D eigenvalue weighted by Crippen LogP contribution is 2.37. The number of hydrogen-bond acceptors (Lipinski definition) is 5. The van der Waals surface area contributed by atoms with Crippen molar-refractivity contribution in [2.24, 2.45) is 0 Å². The van der Waals surface area contributed by atoms with Gasteiger partial charge in [0.2, 0.25) is 0 Å². The van der Waals surface area contributed by atoms with Crippen LogP contribution in [0.1, 0.15) is 21.5 Å². The van der Waals surface area contributed by atoms with Gasteiger partial charge in [-0.25, -0.2) is 0 Å². The maximum atomic E-state index is 11.7. The average molecular weight is 326 g/mol. The Morgan fingerprint density at radius 3 is 2.92 bits per heavy atom. The number of nitrogens with zero attached hydrogens (tertiary/aromatic N) is 1. The lowest BCUT2D eigenvalue weighted by Crippen LogP contribution is -2.18. The first kappa shape index (κ1) is 15.8. The Labute approximate surface area is 139 Å². The second-order valence-electron chi connectivity index (χ2n) is 5.55. The zero-order valence-electron chi connectivity index (χ0n) is 13.3. The number of rotatable bonds is 5. The van der Waals surface area contributed by atoms with E-state index >= 15 is 0 Å². The molecule has 0 radical (unpaired) electrons. The van der Waals surface area contributed by atoms with Crippen molar-refractivity contribution in [3.63, 3.8) is 0 Å². The van der Waals surface area contributed by atoms with Gasteiger partial charge in [-0.15, -0.1) is 0 Å². The van der Waals surface area contributed by atoms with Crippen LogP contribution in [0.2, 0.25) is 0 Å². The Morgan fingerprint density at radius 1 is 1.33 bits per heavy atom. The van der Waals surface area contributed by atoms with E-state index in [1.807, 2.05) is 6.07 Å². The van der Waals surface area contributed by atoms with E-state index in [1.165, 1.54) is 6.07 Å². The molecule has 0 aromatic heterocycles. The number of nitro benzene ring substituents is 1. The van der Waals surface area contributed by atoms with Gasteiger partial charge in [0.1, 0.15) is 5.69 Å². The number of fused-ring (bicyclic) bond motifs is 1. The van der Waals surface area contributed by atoms with Crippen molar-refractivity contribution >= 4 is 23.0 Å². The molecule has 0 spiro atoms. The Bertz CT molecular complexity index is 804. The summed E-state index contributed by atoms with van der Waals surface area (Å²) < 4.78 is 0. The van der Waals surface area contributed by atoms with E-state index in [0.29, 0.717) is 17.8 Å². The summed E-state index contributed by atoms with van der Waals surface area (Å²) in [4.78, 5) is 22.6. The van der Waals surface area contributed by atoms with E-state index in [0.717, 1.165) is 29.8 Å². The Balaban J connectivity index is 1.86. The summed E-state index contributed by atoms with van der Waals surface area (Å²) in [5.41, 5.74) is 3.93. The van der Waals surface area contributed by atoms with Gasteiger partial charge in [0.25, 0.3) is 11.6 Å². The molecule has 0 aliphatic carbocycles. The molecule has 7 nitrogen and oxygen atoms in total. The molecule has 0 atom stereocenters. The van der Waals surface area contributed by atoms with E-state index in [9.17, 15) is 14.9 Å². The molecule has 7 heteroatoms. The maximum Gasteiger partial charge on any atom is 0.292 e. The van der Waals surface area contributed by atoms with Crippen molar-refractivity contribution in [2.75, 3.05) is 24.2 Å². The Kier molecular flexibility index (Phi) is 4.33. The first-order chi connectivity index (χ1) is 11.6. The lowest BCUT2D eigenvalue weighted by molar-refractivity contribution is -0.384. The van der Waals surface area contributed by atoms with Gasteiger partial charge in [-0.05, 0) is 30.2 Å². The second-order valence-corrected chi connectivity index (χ2v) is 5.55. The maximum absolute atomic E-state index is 11.7. The van der Waals surface area contributed by atoms with Gasteiger partial charge >= 0.3 is 0 Å². The van der Waals surface area contributed by atoms with E-state index in [-0.39, 0.29) is 16.5 Å². The summed E-state index contributed by atoms with van der Waals surface area (Å²) in [6.07, 6.45) is 0.748. The number of hydrogen-bond donors (Lipinski definition) is 3. The molecule has 0 saturated carbocycles. The number of benzene rings is 2. The van der Waals surface area contributed by atoms with Crippen molar-refractivity contribution in [3.8, 4) is 0 Å². The SMILES string of the molecule is CNC(=O)c1cccc(CNc2c([N+](=O)[O-])ccc3c2CCN3)c1. The standard InChI is InChI=1S/C17H18N4O3/c1-18-17(22)12-4-2-3-11(9-12)10-20-16-13-7-8-19-14(13)5-6-15(16)21(23)24/h2-6,9,19-20H,7-8,10H2,1H3,(H,18,22). The van der Waals surface area contributed by atoms with Crippen LogP contribution in [-0.2, 0) is 13.0 Å². The third-order valence-electron chi connectivity index (χ3n) is 4.06. The molecule has 0 fully saturated rings. The Morgan fingerprint density at radius 2 is 2.17 bits per heavy atom. The quantitative estimate of drug-likeness (QED) is 0.579. The van der Waals surface area contributed by atoms with Crippen LogP contribution < -0.4 is 16.0 Å². The molecule has 1 aliphatic rings. The molecule has 0 unspecified atom stereocenters. The summed E-state index contributed by atoms with van der Waals surface area (Å²) in [5.74, 6) is -0.160. The van der Waals surface area contributed by atoms with Gasteiger partial charge in [-0.3, -0.25) is 14.9 Å². The highest BCUT2D eigenvalue weighted by molar-refractivity contribution is 5.94. The van der Waals surface area contributed by atoms with Crippen LogP contribution >= 0.6 is 0 Å². The normalized spacial score (nSPS) is 12.2. The van der Waals surface area contributed by atoms with E-state index in [1.54, 1.807) is 31.3 Å². The van der Waals surface area contributed by atoms with E-state index < -0.39 is 0 Å². The van der Waals surface area contributed by atoms with Crippen molar-refractivity contribution in [1.29, 1.82) is 0 Å². The highest BCUT2D eigenvalue weighted by atomic mass is 16.6. The molecule has 1 aliphatic heterocycles. The average Bonchev–Trinajstić information content (AvgIpc) is 3.07. The van der Waals surface area contributed by atoms with Crippen LogP contribution in [0, 0.1) is 10.1 Å². The number of nitro groups is 1.